The summed E-state index contributed by atoms with van der Waals surface area (Å²) in [5.41, 5.74) is 2.85. The third-order valence-corrected chi connectivity index (χ3v) is 6.25. The van der Waals surface area contributed by atoms with Gasteiger partial charge in [-0.15, -0.1) is 0 Å². The van der Waals surface area contributed by atoms with Gasteiger partial charge in [0.1, 0.15) is 6.29 Å². The van der Waals surface area contributed by atoms with Crippen molar-refractivity contribution in [3.63, 3.8) is 0 Å². The van der Waals surface area contributed by atoms with Gasteiger partial charge in [-0.3, -0.25) is 4.79 Å². The molecule has 122 valence electrons. The molecule has 0 unspecified atom stereocenters. The monoisotopic (exact) mass is 313 g/mol. The van der Waals surface area contributed by atoms with Crippen molar-refractivity contribution in [3.05, 3.63) is 34.9 Å². The lowest BCUT2D eigenvalue weighted by Crippen LogP contribution is -2.59. The molecule has 0 saturated carbocycles. The lowest BCUT2D eigenvalue weighted by Gasteiger charge is -2.57. The molecule has 1 fully saturated rings. The molecule has 1 aliphatic heterocycles. The van der Waals surface area contributed by atoms with Crippen LogP contribution in [0.2, 0.25) is 0 Å². The van der Waals surface area contributed by atoms with Gasteiger partial charge in [-0.1, -0.05) is 12.1 Å². The average Bonchev–Trinajstić information content (AvgIpc) is 2.57. The first-order valence-corrected chi connectivity index (χ1v) is 8.37. The molecule has 1 N–H and O–H groups in total. The number of ether oxygens (including phenoxy) is 1. The number of likely N-dealkylation sites (tertiary alicyclic amines) is 1. The number of rotatable bonds is 2. The second kappa shape index (κ2) is 5.10. The summed E-state index contributed by atoms with van der Waals surface area (Å²) in [6, 6.07) is 4.42. The largest absolute Gasteiger partial charge is 0.504 e. The van der Waals surface area contributed by atoms with Crippen molar-refractivity contribution in [1.29, 1.82) is 0 Å². The Kier molecular flexibility index (Phi) is 3.27. The van der Waals surface area contributed by atoms with E-state index in [-0.39, 0.29) is 11.2 Å². The van der Waals surface area contributed by atoms with Crippen molar-refractivity contribution in [2.45, 2.75) is 37.1 Å². The number of piperidine rings is 1. The summed E-state index contributed by atoms with van der Waals surface area (Å²) in [4.78, 5) is 13.9. The summed E-state index contributed by atoms with van der Waals surface area (Å²) in [6.07, 6.45) is 6.90. The summed E-state index contributed by atoms with van der Waals surface area (Å²) < 4.78 is 5.35. The maximum absolute atomic E-state index is 11.4. The quantitative estimate of drug-likeness (QED) is 0.852. The maximum Gasteiger partial charge on any atom is 0.162 e. The first kappa shape index (κ1) is 14.8. The fourth-order valence-electron chi connectivity index (χ4n) is 5.18. The number of fused-ring (bicyclic) bond motifs is 1. The van der Waals surface area contributed by atoms with E-state index in [1.54, 1.807) is 7.11 Å². The van der Waals surface area contributed by atoms with Gasteiger partial charge in [0.25, 0.3) is 0 Å². The number of phenols is 1. The number of carbonyl (C=O) groups excluding carboxylic acids is 1. The molecule has 1 saturated heterocycles. The fourth-order valence-corrected chi connectivity index (χ4v) is 5.18. The number of likely N-dealkylation sites (N-methyl/N-ethyl adjacent to an activating group) is 1. The van der Waals surface area contributed by atoms with Gasteiger partial charge in [0.2, 0.25) is 0 Å². The zero-order chi connectivity index (χ0) is 16.2. The third kappa shape index (κ3) is 1.91. The van der Waals surface area contributed by atoms with E-state index in [1.807, 2.05) is 6.07 Å². The van der Waals surface area contributed by atoms with E-state index in [0.717, 1.165) is 49.7 Å². The molecule has 0 amide bonds. The second-order valence-electron chi connectivity index (χ2n) is 7.18. The van der Waals surface area contributed by atoms with Gasteiger partial charge in [-0.05, 0) is 62.4 Å². The number of aldehydes is 1. The second-order valence-corrected chi connectivity index (χ2v) is 7.18. The van der Waals surface area contributed by atoms with Crippen LogP contribution in [-0.4, -0.2) is 43.0 Å². The van der Waals surface area contributed by atoms with E-state index >= 15 is 0 Å². The van der Waals surface area contributed by atoms with Gasteiger partial charge < -0.3 is 14.7 Å². The van der Waals surface area contributed by atoms with Gasteiger partial charge in [0, 0.05) is 17.0 Å². The summed E-state index contributed by atoms with van der Waals surface area (Å²) >= 11 is 0. The van der Waals surface area contributed by atoms with Crippen molar-refractivity contribution < 1.29 is 14.6 Å². The predicted molar refractivity (Wildman–Crippen MR) is 87.9 cm³/mol. The molecule has 4 nitrogen and oxygen atoms in total. The molecule has 2 aliphatic carbocycles. The predicted octanol–water partition coefficient (Wildman–Crippen LogP) is 2.43. The number of phenolic OH excluding ortho intramolecular Hbond substituents is 1. The van der Waals surface area contributed by atoms with Gasteiger partial charge >= 0.3 is 0 Å². The number of methoxy groups -OCH3 is 1. The highest BCUT2D eigenvalue weighted by Gasteiger charge is 2.54. The highest BCUT2D eigenvalue weighted by molar-refractivity contribution is 5.75. The van der Waals surface area contributed by atoms with Crippen LogP contribution < -0.4 is 4.74 Å². The first-order valence-electron chi connectivity index (χ1n) is 8.37. The lowest BCUT2D eigenvalue weighted by atomic mass is 9.53. The molecule has 3 aliphatic rings. The van der Waals surface area contributed by atoms with E-state index in [1.165, 1.54) is 5.56 Å². The number of benzene rings is 1. The van der Waals surface area contributed by atoms with Gasteiger partial charge in [-0.2, -0.15) is 0 Å². The molecule has 1 aromatic carbocycles. The molecule has 0 radical (unpaired) electrons. The first-order chi connectivity index (χ1) is 11.1. The van der Waals surface area contributed by atoms with E-state index in [2.05, 4.69) is 24.1 Å². The zero-order valence-corrected chi connectivity index (χ0v) is 13.7. The number of allylic oxidation sites excluding steroid dienone is 2. The van der Waals surface area contributed by atoms with Crippen LogP contribution in [0.25, 0.3) is 0 Å². The third-order valence-electron chi connectivity index (χ3n) is 6.25. The van der Waals surface area contributed by atoms with Crippen LogP contribution in [0.4, 0.5) is 0 Å². The fraction of sp³-hybridized carbons (Fsp3) is 0.526. The molecular formula is C19H23NO3. The van der Waals surface area contributed by atoms with Crippen LogP contribution in [0.15, 0.2) is 23.8 Å². The Morgan fingerprint density at radius 1 is 1.43 bits per heavy atom. The van der Waals surface area contributed by atoms with E-state index in [9.17, 15) is 9.90 Å². The van der Waals surface area contributed by atoms with Crippen LogP contribution in [-0.2, 0) is 16.6 Å². The van der Waals surface area contributed by atoms with Crippen molar-refractivity contribution in [2.24, 2.45) is 5.92 Å². The van der Waals surface area contributed by atoms with Crippen molar-refractivity contribution in [1.82, 2.24) is 4.90 Å². The molecule has 4 rings (SSSR count). The van der Waals surface area contributed by atoms with Gasteiger partial charge in [-0.25, -0.2) is 0 Å². The molecular weight excluding hydrogens is 290 g/mol. The molecule has 1 heterocycles. The Morgan fingerprint density at radius 3 is 3.00 bits per heavy atom. The minimum absolute atomic E-state index is 0.224. The highest BCUT2D eigenvalue weighted by atomic mass is 16.5. The Morgan fingerprint density at radius 2 is 2.26 bits per heavy atom. The molecule has 3 atom stereocenters. The summed E-state index contributed by atoms with van der Waals surface area (Å²) in [6.45, 7) is 0.986. The van der Waals surface area contributed by atoms with Crippen LogP contribution in [0.3, 0.4) is 0 Å². The van der Waals surface area contributed by atoms with E-state index in [0.29, 0.717) is 17.7 Å². The van der Waals surface area contributed by atoms with Crippen LogP contribution in [0.1, 0.15) is 30.4 Å². The van der Waals surface area contributed by atoms with E-state index < -0.39 is 0 Å². The molecule has 0 aromatic heterocycles. The normalized spacial score (nSPS) is 32.5. The summed E-state index contributed by atoms with van der Waals surface area (Å²) in [5.74, 6) is 1.25. The number of carbonyl (C=O) groups is 1. The van der Waals surface area contributed by atoms with Gasteiger partial charge in [0.05, 0.1) is 7.11 Å². The minimum Gasteiger partial charge on any atom is -0.504 e. The number of aromatic hydroxyl groups is 1. The lowest BCUT2D eigenvalue weighted by molar-refractivity contribution is -0.105. The van der Waals surface area contributed by atoms with Crippen molar-refractivity contribution >= 4 is 6.29 Å². The minimum atomic E-state index is -0.224. The maximum atomic E-state index is 11.4. The number of hydrogen-bond acceptors (Lipinski definition) is 4. The van der Waals surface area contributed by atoms with Crippen molar-refractivity contribution in [2.75, 3.05) is 20.7 Å². The molecule has 23 heavy (non-hydrogen) atoms. The molecule has 2 bridgehead atoms. The Hall–Kier alpha value is -1.81. The van der Waals surface area contributed by atoms with Crippen LogP contribution >= 0.6 is 0 Å². The van der Waals surface area contributed by atoms with Crippen LogP contribution in [0.5, 0.6) is 11.5 Å². The molecule has 4 heteroatoms. The van der Waals surface area contributed by atoms with Crippen molar-refractivity contribution in [3.8, 4) is 11.5 Å². The zero-order valence-electron chi connectivity index (χ0n) is 13.7. The highest BCUT2D eigenvalue weighted by Crippen LogP contribution is 2.57. The molecule has 1 aromatic rings. The number of hydrogen-bond donors (Lipinski definition) is 1. The summed E-state index contributed by atoms with van der Waals surface area (Å²) in [5, 5.41) is 10.8. The topological polar surface area (TPSA) is 49.8 Å². The Labute approximate surface area is 136 Å². The van der Waals surface area contributed by atoms with E-state index in [4.69, 9.17) is 4.74 Å². The van der Waals surface area contributed by atoms with Crippen LogP contribution in [0, 0.1) is 5.92 Å². The SMILES string of the molecule is COc1ccc2c(c1O)[C@]13C=C(C=O)CC[C@H]1[C@H](C2)N(C)CC3. The van der Waals surface area contributed by atoms with Gasteiger partial charge in [0.15, 0.2) is 11.5 Å². The number of nitrogens with zero attached hydrogens (tertiary/aromatic N) is 1. The smallest absolute Gasteiger partial charge is 0.162 e. The molecule has 0 spiro atoms. The summed E-state index contributed by atoms with van der Waals surface area (Å²) in [7, 11) is 3.78. The average molecular weight is 313 g/mol. The Bertz CT molecular complexity index is 696. The standard InChI is InChI=1S/C19H23NO3/c1-20-8-7-19-10-12(11-21)3-5-14(19)15(20)9-13-4-6-16(23-2)18(22)17(13)19/h4,6,10-11,14-15,22H,3,5,7-9H2,1-2H3/t14-,15-,19+/m0/s1. The Balaban J connectivity index is 1.99.